The first kappa shape index (κ1) is 14.6. The van der Waals surface area contributed by atoms with Crippen LogP contribution in [0.1, 0.15) is 34.8 Å². The Bertz CT molecular complexity index is 615. The van der Waals surface area contributed by atoms with Gasteiger partial charge < -0.3 is 9.84 Å². The number of aryl methyl sites for hydroxylation is 1. The number of methoxy groups -OCH3 is 1. The standard InChI is InChI=1S/C16H18O3S/c1-4-6-11-9-12(13-7-5-8-20-13)14(16(18)19-3)15(17)10(11)2/h5,7-9,17H,4,6H2,1-3H3. The van der Waals surface area contributed by atoms with Crippen molar-refractivity contribution < 1.29 is 14.6 Å². The van der Waals surface area contributed by atoms with Gasteiger partial charge in [-0.25, -0.2) is 4.79 Å². The second-order valence-corrected chi connectivity index (χ2v) is 5.60. The SMILES string of the molecule is CCCc1cc(-c2cccs2)c(C(=O)OC)c(O)c1C. The molecule has 0 saturated carbocycles. The molecule has 0 aliphatic rings. The first-order valence-corrected chi connectivity index (χ1v) is 7.45. The first-order chi connectivity index (χ1) is 9.60. The summed E-state index contributed by atoms with van der Waals surface area (Å²) in [5.74, 6) is -0.469. The largest absolute Gasteiger partial charge is 0.507 e. The van der Waals surface area contributed by atoms with Crippen LogP contribution in [0.2, 0.25) is 0 Å². The van der Waals surface area contributed by atoms with Crippen LogP contribution >= 0.6 is 11.3 Å². The lowest BCUT2D eigenvalue weighted by atomic mass is 9.94. The third-order valence-corrected chi connectivity index (χ3v) is 4.26. The molecule has 1 aromatic heterocycles. The van der Waals surface area contributed by atoms with Crippen molar-refractivity contribution in [3.05, 3.63) is 40.3 Å². The molecule has 0 saturated heterocycles. The van der Waals surface area contributed by atoms with Crippen LogP contribution in [0.15, 0.2) is 23.6 Å². The van der Waals surface area contributed by atoms with E-state index in [-0.39, 0.29) is 11.3 Å². The Morgan fingerprint density at radius 1 is 1.45 bits per heavy atom. The maximum absolute atomic E-state index is 12.0. The zero-order valence-electron chi connectivity index (χ0n) is 11.9. The lowest BCUT2D eigenvalue weighted by Crippen LogP contribution is -2.06. The van der Waals surface area contributed by atoms with Crippen molar-refractivity contribution >= 4 is 17.3 Å². The van der Waals surface area contributed by atoms with Gasteiger partial charge in [-0.05, 0) is 42.0 Å². The molecule has 106 valence electrons. The van der Waals surface area contributed by atoms with E-state index in [0.29, 0.717) is 0 Å². The van der Waals surface area contributed by atoms with E-state index in [1.54, 1.807) is 11.3 Å². The fourth-order valence-corrected chi connectivity index (χ4v) is 3.03. The van der Waals surface area contributed by atoms with Crippen LogP contribution in [-0.4, -0.2) is 18.2 Å². The van der Waals surface area contributed by atoms with E-state index in [4.69, 9.17) is 4.74 Å². The molecule has 2 rings (SSSR count). The summed E-state index contributed by atoms with van der Waals surface area (Å²) in [6.45, 7) is 3.93. The lowest BCUT2D eigenvalue weighted by Gasteiger charge is -2.15. The minimum absolute atomic E-state index is 0.0335. The van der Waals surface area contributed by atoms with Gasteiger partial charge in [-0.2, -0.15) is 0 Å². The number of carbonyl (C=O) groups is 1. The van der Waals surface area contributed by atoms with Crippen molar-refractivity contribution in [1.82, 2.24) is 0 Å². The van der Waals surface area contributed by atoms with E-state index in [0.717, 1.165) is 34.4 Å². The van der Waals surface area contributed by atoms with E-state index >= 15 is 0 Å². The number of hydrogen-bond acceptors (Lipinski definition) is 4. The summed E-state index contributed by atoms with van der Waals surface area (Å²) in [6.07, 6.45) is 1.86. The van der Waals surface area contributed by atoms with Gasteiger partial charge in [-0.15, -0.1) is 11.3 Å². The number of thiophene rings is 1. The fraction of sp³-hybridized carbons (Fsp3) is 0.312. The third-order valence-electron chi connectivity index (χ3n) is 3.36. The first-order valence-electron chi connectivity index (χ1n) is 6.57. The van der Waals surface area contributed by atoms with Crippen molar-refractivity contribution in [2.45, 2.75) is 26.7 Å². The Morgan fingerprint density at radius 3 is 2.75 bits per heavy atom. The molecule has 3 nitrogen and oxygen atoms in total. The van der Waals surface area contributed by atoms with Gasteiger partial charge in [-0.3, -0.25) is 0 Å². The highest BCUT2D eigenvalue weighted by atomic mass is 32.1. The normalized spacial score (nSPS) is 10.6. The van der Waals surface area contributed by atoms with Crippen LogP contribution in [0, 0.1) is 6.92 Å². The molecule has 0 aliphatic heterocycles. The molecule has 0 aliphatic carbocycles. The molecular formula is C16H18O3S. The summed E-state index contributed by atoms with van der Waals surface area (Å²) in [4.78, 5) is 13.0. The highest BCUT2D eigenvalue weighted by molar-refractivity contribution is 7.13. The smallest absolute Gasteiger partial charge is 0.342 e. The second-order valence-electron chi connectivity index (χ2n) is 4.65. The number of esters is 1. The average Bonchev–Trinajstić information content (AvgIpc) is 2.97. The summed E-state index contributed by atoms with van der Waals surface area (Å²) in [5.41, 5.74) is 2.83. The molecule has 0 spiro atoms. The average molecular weight is 290 g/mol. The predicted octanol–water partition coefficient (Wildman–Crippen LogP) is 4.17. The van der Waals surface area contributed by atoms with Crippen molar-refractivity contribution in [3.63, 3.8) is 0 Å². The summed E-state index contributed by atoms with van der Waals surface area (Å²) in [6, 6.07) is 5.87. The van der Waals surface area contributed by atoms with Crippen molar-refractivity contribution in [3.8, 4) is 16.2 Å². The summed E-state index contributed by atoms with van der Waals surface area (Å²) in [5, 5.41) is 12.3. The Morgan fingerprint density at radius 2 is 2.20 bits per heavy atom. The molecule has 4 heteroatoms. The molecule has 0 amide bonds. The number of phenols is 1. The number of aromatic hydroxyl groups is 1. The molecule has 1 aromatic carbocycles. The van der Waals surface area contributed by atoms with Crippen LogP contribution in [0.25, 0.3) is 10.4 Å². The van der Waals surface area contributed by atoms with Crippen molar-refractivity contribution in [2.75, 3.05) is 7.11 Å². The number of hydrogen-bond donors (Lipinski definition) is 1. The van der Waals surface area contributed by atoms with E-state index in [1.165, 1.54) is 7.11 Å². The van der Waals surface area contributed by atoms with Crippen molar-refractivity contribution in [2.24, 2.45) is 0 Å². The molecule has 2 aromatic rings. The summed E-state index contributed by atoms with van der Waals surface area (Å²) >= 11 is 1.54. The van der Waals surface area contributed by atoms with Gasteiger partial charge in [0.25, 0.3) is 0 Å². The minimum Gasteiger partial charge on any atom is -0.507 e. The van der Waals surface area contributed by atoms with Gasteiger partial charge in [-0.1, -0.05) is 19.4 Å². The molecule has 0 bridgehead atoms. The third kappa shape index (κ3) is 2.56. The number of rotatable bonds is 4. The van der Waals surface area contributed by atoms with Crippen LogP contribution in [0.4, 0.5) is 0 Å². The molecule has 0 unspecified atom stereocenters. The molecular weight excluding hydrogens is 272 g/mol. The van der Waals surface area contributed by atoms with Crippen molar-refractivity contribution in [1.29, 1.82) is 0 Å². The molecule has 1 heterocycles. The van der Waals surface area contributed by atoms with Gasteiger partial charge in [0.2, 0.25) is 0 Å². The molecule has 0 radical (unpaired) electrons. The Balaban J connectivity index is 2.71. The van der Waals surface area contributed by atoms with Gasteiger partial charge in [0.05, 0.1) is 7.11 Å². The quantitative estimate of drug-likeness (QED) is 0.860. The Labute approximate surface area is 122 Å². The summed E-state index contributed by atoms with van der Waals surface area (Å²) in [7, 11) is 1.33. The zero-order chi connectivity index (χ0) is 14.7. The van der Waals surface area contributed by atoms with Crippen LogP contribution in [0.5, 0.6) is 5.75 Å². The Kier molecular flexibility index (Phi) is 4.45. The van der Waals surface area contributed by atoms with Gasteiger partial charge in [0.15, 0.2) is 0 Å². The second kappa shape index (κ2) is 6.09. The van der Waals surface area contributed by atoms with E-state index in [2.05, 4.69) is 6.92 Å². The number of benzene rings is 1. The topological polar surface area (TPSA) is 46.5 Å². The monoisotopic (exact) mass is 290 g/mol. The van der Waals surface area contributed by atoms with E-state index in [1.807, 2.05) is 30.5 Å². The lowest BCUT2D eigenvalue weighted by molar-refractivity contribution is 0.0598. The van der Waals surface area contributed by atoms with Crippen LogP contribution in [0.3, 0.4) is 0 Å². The van der Waals surface area contributed by atoms with Gasteiger partial charge in [0, 0.05) is 10.4 Å². The molecule has 0 atom stereocenters. The highest BCUT2D eigenvalue weighted by Crippen LogP contribution is 2.37. The van der Waals surface area contributed by atoms with Gasteiger partial charge >= 0.3 is 5.97 Å². The molecule has 1 N–H and O–H groups in total. The zero-order valence-corrected chi connectivity index (χ0v) is 12.7. The minimum atomic E-state index is -0.503. The molecule has 20 heavy (non-hydrogen) atoms. The molecule has 0 fully saturated rings. The van der Waals surface area contributed by atoms with Gasteiger partial charge in [0.1, 0.15) is 11.3 Å². The predicted molar refractivity (Wildman–Crippen MR) is 81.5 cm³/mol. The van der Waals surface area contributed by atoms with Crippen LogP contribution < -0.4 is 0 Å². The summed E-state index contributed by atoms with van der Waals surface area (Å²) < 4.78 is 4.82. The maximum atomic E-state index is 12.0. The Hall–Kier alpha value is -1.81. The van der Waals surface area contributed by atoms with E-state index in [9.17, 15) is 9.90 Å². The van der Waals surface area contributed by atoms with Crippen LogP contribution in [-0.2, 0) is 11.2 Å². The maximum Gasteiger partial charge on any atom is 0.342 e. The number of phenolic OH excluding ortho intramolecular Hbond substituents is 1. The number of ether oxygens (including phenoxy) is 1. The highest BCUT2D eigenvalue weighted by Gasteiger charge is 2.22. The number of carbonyl (C=O) groups excluding carboxylic acids is 1. The fourth-order valence-electron chi connectivity index (χ4n) is 2.29. The van der Waals surface area contributed by atoms with E-state index < -0.39 is 5.97 Å².